The second-order valence-electron chi connectivity index (χ2n) is 6.98. The number of hydrogen-bond acceptors (Lipinski definition) is 0. The summed E-state index contributed by atoms with van der Waals surface area (Å²) in [7, 11) is 0. The summed E-state index contributed by atoms with van der Waals surface area (Å²) in [5.41, 5.74) is 2.68. The van der Waals surface area contributed by atoms with E-state index < -0.39 is 0 Å². The molecule has 27 heavy (non-hydrogen) atoms. The predicted molar refractivity (Wildman–Crippen MR) is 118 cm³/mol. The standard InChI is InChI=1S/C27H20/c1-4-15-24-20(9-1)12-7-13-21(24)14-8-18-27-25-16-5-2-10-22(25)19-23-11-3-6-17-26(23)27/h1-13,15-19H,14H2/b18-8+. The minimum absolute atomic E-state index is 0.929. The summed E-state index contributed by atoms with van der Waals surface area (Å²) in [6.07, 6.45) is 5.53. The second kappa shape index (κ2) is 6.74. The van der Waals surface area contributed by atoms with E-state index in [1.54, 1.807) is 0 Å². The van der Waals surface area contributed by atoms with Crippen molar-refractivity contribution < 1.29 is 0 Å². The van der Waals surface area contributed by atoms with Gasteiger partial charge in [0, 0.05) is 0 Å². The topological polar surface area (TPSA) is 0 Å². The Bertz CT molecular complexity index is 1230. The van der Waals surface area contributed by atoms with Crippen LogP contribution >= 0.6 is 0 Å². The van der Waals surface area contributed by atoms with Gasteiger partial charge in [-0.3, -0.25) is 0 Å². The summed E-state index contributed by atoms with van der Waals surface area (Å²) in [6.45, 7) is 0. The van der Waals surface area contributed by atoms with Crippen LogP contribution in [0.15, 0.2) is 103 Å². The lowest BCUT2D eigenvalue weighted by atomic mass is 9.95. The maximum atomic E-state index is 2.30. The third-order valence-corrected chi connectivity index (χ3v) is 5.32. The van der Waals surface area contributed by atoms with Gasteiger partial charge >= 0.3 is 0 Å². The van der Waals surface area contributed by atoms with E-state index >= 15 is 0 Å². The molecule has 0 N–H and O–H groups in total. The van der Waals surface area contributed by atoms with Crippen LogP contribution in [0.1, 0.15) is 11.1 Å². The molecule has 0 unspecified atom stereocenters. The zero-order valence-electron chi connectivity index (χ0n) is 15.1. The molecule has 5 aromatic rings. The SMILES string of the molecule is C(=C\c1c2ccccc2cc2ccccc12)/Cc1cccc2ccccc12. The minimum atomic E-state index is 0.929. The smallest absolute Gasteiger partial charge is 0.00879 e. The number of rotatable bonds is 3. The zero-order chi connectivity index (χ0) is 18.1. The molecule has 0 heterocycles. The lowest BCUT2D eigenvalue weighted by Crippen LogP contribution is -1.86. The molecule has 0 aliphatic heterocycles. The largest absolute Gasteiger partial charge is 0.0795 e. The molecular weight excluding hydrogens is 324 g/mol. The quantitative estimate of drug-likeness (QED) is 0.299. The highest BCUT2D eigenvalue weighted by Gasteiger charge is 2.05. The van der Waals surface area contributed by atoms with Gasteiger partial charge in [-0.25, -0.2) is 0 Å². The number of fused-ring (bicyclic) bond motifs is 3. The van der Waals surface area contributed by atoms with Gasteiger partial charge in [0.2, 0.25) is 0 Å². The van der Waals surface area contributed by atoms with Gasteiger partial charge in [0.05, 0.1) is 0 Å². The molecule has 0 saturated carbocycles. The highest BCUT2D eigenvalue weighted by atomic mass is 14.1. The lowest BCUT2D eigenvalue weighted by molar-refractivity contribution is 1.31. The monoisotopic (exact) mass is 344 g/mol. The van der Waals surface area contributed by atoms with E-state index in [0.717, 1.165) is 6.42 Å². The Hall–Kier alpha value is -3.38. The predicted octanol–water partition coefficient (Wildman–Crippen LogP) is 7.40. The van der Waals surface area contributed by atoms with Crippen LogP contribution in [0.4, 0.5) is 0 Å². The van der Waals surface area contributed by atoms with Crippen molar-refractivity contribution >= 4 is 38.4 Å². The Kier molecular flexibility index (Phi) is 3.95. The molecule has 128 valence electrons. The molecule has 0 fully saturated rings. The van der Waals surface area contributed by atoms with Crippen molar-refractivity contribution in [2.75, 3.05) is 0 Å². The van der Waals surface area contributed by atoms with E-state index in [-0.39, 0.29) is 0 Å². The fourth-order valence-corrected chi connectivity index (χ4v) is 4.00. The minimum Gasteiger partial charge on any atom is -0.0795 e. The Labute approximate surface area is 159 Å². The van der Waals surface area contributed by atoms with Gasteiger partial charge in [-0.15, -0.1) is 0 Å². The molecule has 0 aromatic heterocycles. The number of allylic oxidation sites excluding steroid dienone is 1. The molecule has 0 heteroatoms. The molecule has 0 amide bonds. The highest BCUT2D eigenvalue weighted by molar-refractivity contribution is 6.06. The van der Waals surface area contributed by atoms with Crippen LogP contribution in [0.5, 0.6) is 0 Å². The summed E-state index contributed by atoms with van der Waals surface area (Å²) in [6, 6.07) is 34.8. The van der Waals surface area contributed by atoms with E-state index in [4.69, 9.17) is 0 Å². The van der Waals surface area contributed by atoms with Crippen LogP contribution in [0.2, 0.25) is 0 Å². The Morgan fingerprint density at radius 3 is 1.78 bits per heavy atom. The van der Waals surface area contributed by atoms with Gasteiger partial charge in [-0.2, -0.15) is 0 Å². The molecule has 0 aliphatic rings. The van der Waals surface area contributed by atoms with Crippen LogP contribution in [-0.2, 0) is 6.42 Å². The summed E-state index contributed by atoms with van der Waals surface area (Å²) in [5.74, 6) is 0. The van der Waals surface area contributed by atoms with E-state index in [2.05, 4.69) is 109 Å². The molecule has 0 nitrogen and oxygen atoms in total. The summed E-state index contributed by atoms with van der Waals surface area (Å²) in [5, 5.41) is 7.85. The number of benzene rings is 5. The first-order chi connectivity index (χ1) is 13.4. The van der Waals surface area contributed by atoms with Gasteiger partial charge in [0.1, 0.15) is 0 Å². The normalized spacial score (nSPS) is 11.7. The Morgan fingerprint density at radius 2 is 1.07 bits per heavy atom. The van der Waals surface area contributed by atoms with Crippen LogP contribution in [0, 0.1) is 0 Å². The molecule has 5 aromatic carbocycles. The summed E-state index contributed by atoms with van der Waals surface area (Å²) >= 11 is 0. The fraction of sp³-hybridized carbons (Fsp3) is 0.0370. The van der Waals surface area contributed by atoms with E-state index in [1.807, 2.05) is 0 Å². The Morgan fingerprint density at radius 1 is 0.519 bits per heavy atom. The first kappa shape index (κ1) is 15.8. The van der Waals surface area contributed by atoms with Gasteiger partial charge in [-0.1, -0.05) is 103 Å². The average Bonchev–Trinajstić information content (AvgIpc) is 2.73. The van der Waals surface area contributed by atoms with Crippen molar-refractivity contribution in [3.63, 3.8) is 0 Å². The van der Waals surface area contributed by atoms with Crippen LogP contribution in [0.25, 0.3) is 38.4 Å². The molecule has 0 bridgehead atoms. The summed E-state index contributed by atoms with van der Waals surface area (Å²) in [4.78, 5) is 0. The summed E-state index contributed by atoms with van der Waals surface area (Å²) < 4.78 is 0. The molecular formula is C27H20. The van der Waals surface area contributed by atoms with Crippen LogP contribution in [0.3, 0.4) is 0 Å². The first-order valence-corrected chi connectivity index (χ1v) is 9.44. The molecule has 0 aliphatic carbocycles. The van der Waals surface area contributed by atoms with Crippen molar-refractivity contribution in [2.45, 2.75) is 6.42 Å². The van der Waals surface area contributed by atoms with Gasteiger partial charge < -0.3 is 0 Å². The van der Waals surface area contributed by atoms with Crippen LogP contribution in [-0.4, -0.2) is 0 Å². The van der Waals surface area contributed by atoms with Crippen molar-refractivity contribution in [3.05, 3.63) is 114 Å². The average molecular weight is 344 g/mol. The molecule has 5 rings (SSSR count). The maximum absolute atomic E-state index is 2.30. The number of hydrogen-bond donors (Lipinski definition) is 0. The van der Waals surface area contributed by atoms with E-state index in [9.17, 15) is 0 Å². The fourth-order valence-electron chi connectivity index (χ4n) is 4.00. The third kappa shape index (κ3) is 2.90. The van der Waals surface area contributed by atoms with Gasteiger partial charge in [0.25, 0.3) is 0 Å². The van der Waals surface area contributed by atoms with Gasteiger partial charge in [-0.05, 0) is 55.9 Å². The van der Waals surface area contributed by atoms with E-state index in [0.29, 0.717) is 0 Å². The molecule has 0 radical (unpaired) electrons. The van der Waals surface area contributed by atoms with E-state index in [1.165, 1.54) is 43.4 Å². The van der Waals surface area contributed by atoms with Crippen molar-refractivity contribution in [1.82, 2.24) is 0 Å². The van der Waals surface area contributed by atoms with Crippen molar-refractivity contribution in [2.24, 2.45) is 0 Å². The first-order valence-electron chi connectivity index (χ1n) is 9.44. The third-order valence-electron chi connectivity index (χ3n) is 5.32. The zero-order valence-corrected chi connectivity index (χ0v) is 15.1. The maximum Gasteiger partial charge on any atom is -0.00879 e. The lowest BCUT2D eigenvalue weighted by Gasteiger charge is -2.08. The Balaban J connectivity index is 1.61. The second-order valence-corrected chi connectivity index (χ2v) is 6.98. The van der Waals surface area contributed by atoms with Gasteiger partial charge in [0.15, 0.2) is 0 Å². The molecule has 0 atom stereocenters. The van der Waals surface area contributed by atoms with Crippen LogP contribution < -0.4 is 0 Å². The van der Waals surface area contributed by atoms with Crippen molar-refractivity contribution in [3.8, 4) is 0 Å². The highest BCUT2D eigenvalue weighted by Crippen LogP contribution is 2.29. The van der Waals surface area contributed by atoms with Crippen molar-refractivity contribution in [1.29, 1.82) is 0 Å². The molecule has 0 saturated heterocycles. The molecule has 0 spiro atoms.